The van der Waals surface area contributed by atoms with E-state index in [1.807, 2.05) is 6.07 Å². The number of hydrogen-bond acceptors (Lipinski definition) is 3. The Balaban J connectivity index is 1.84. The molecule has 1 saturated carbocycles. The lowest BCUT2D eigenvalue weighted by Crippen LogP contribution is -2.34. The monoisotopic (exact) mass is 249 g/mol. The Hall–Kier alpha value is -1.55. The van der Waals surface area contributed by atoms with Crippen molar-refractivity contribution in [2.45, 2.75) is 37.8 Å². The van der Waals surface area contributed by atoms with Crippen molar-refractivity contribution in [2.75, 3.05) is 7.11 Å². The molecule has 4 nitrogen and oxygen atoms in total. The third kappa shape index (κ3) is 3.23. The fourth-order valence-electron chi connectivity index (χ4n) is 2.40. The maximum Gasteiger partial charge on any atom is 0.224 e. The van der Waals surface area contributed by atoms with Crippen LogP contribution >= 0.6 is 0 Å². The Labute approximate surface area is 107 Å². The van der Waals surface area contributed by atoms with Gasteiger partial charge < -0.3 is 15.2 Å². The van der Waals surface area contributed by atoms with Gasteiger partial charge in [0, 0.05) is 18.7 Å². The molecule has 1 aromatic carbocycles. The van der Waals surface area contributed by atoms with E-state index in [1.165, 1.54) is 0 Å². The van der Waals surface area contributed by atoms with Gasteiger partial charge >= 0.3 is 0 Å². The minimum atomic E-state index is -0.0433. The molecule has 1 aliphatic carbocycles. The average Bonchev–Trinajstić information content (AvgIpc) is 2.80. The summed E-state index contributed by atoms with van der Waals surface area (Å²) in [5, 5.41) is 12.6. The highest BCUT2D eigenvalue weighted by atomic mass is 16.5. The first-order chi connectivity index (χ1) is 8.69. The quantitative estimate of drug-likeness (QED) is 0.852. The maximum atomic E-state index is 11.9. The molecule has 1 aromatic rings. The zero-order valence-corrected chi connectivity index (χ0v) is 10.6. The Morgan fingerprint density at radius 2 is 2.22 bits per heavy atom. The molecule has 0 saturated heterocycles. The first-order valence-electron chi connectivity index (χ1n) is 6.28. The molecule has 1 fully saturated rings. The predicted molar refractivity (Wildman–Crippen MR) is 68.4 cm³/mol. The van der Waals surface area contributed by atoms with E-state index in [4.69, 9.17) is 4.74 Å². The summed E-state index contributed by atoms with van der Waals surface area (Å²) in [6.45, 7) is 0. The van der Waals surface area contributed by atoms with E-state index in [2.05, 4.69) is 5.32 Å². The van der Waals surface area contributed by atoms with Gasteiger partial charge in [0.05, 0.1) is 12.5 Å². The highest BCUT2D eigenvalue weighted by Gasteiger charge is 2.25. The lowest BCUT2D eigenvalue weighted by atomic mass is 10.1. The van der Waals surface area contributed by atoms with Crippen LogP contribution in [0.15, 0.2) is 24.3 Å². The SMILES string of the molecule is COC1CCC(NC(=O)Cc2ccccc2O)C1. The number of amides is 1. The zero-order chi connectivity index (χ0) is 13.0. The van der Waals surface area contributed by atoms with Crippen LogP contribution in [-0.2, 0) is 16.0 Å². The average molecular weight is 249 g/mol. The van der Waals surface area contributed by atoms with Gasteiger partial charge in [-0.15, -0.1) is 0 Å². The van der Waals surface area contributed by atoms with Gasteiger partial charge in [0.2, 0.25) is 5.91 Å². The second-order valence-corrected chi connectivity index (χ2v) is 4.74. The molecule has 0 radical (unpaired) electrons. The highest BCUT2D eigenvalue weighted by Crippen LogP contribution is 2.22. The van der Waals surface area contributed by atoms with Crippen molar-refractivity contribution in [1.82, 2.24) is 5.32 Å². The number of rotatable bonds is 4. The molecule has 2 rings (SSSR count). The molecule has 2 N–H and O–H groups in total. The van der Waals surface area contributed by atoms with E-state index in [0.717, 1.165) is 19.3 Å². The van der Waals surface area contributed by atoms with Crippen molar-refractivity contribution < 1.29 is 14.6 Å². The first-order valence-corrected chi connectivity index (χ1v) is 6.28. The smallest absolute Gasteiger partial charge is 0.224 e. The lowest BCUT2D eigenvalue weighted by Gasteiger charge is -2.13. The third-order valence-electron chi connectivity index (χ3n) is 3.43. The maximum absolute atomic E-state index is 11.9. The van der Waals surface area contributed by atoms with Crippen LogP contribution in [0.5, 0.6) is 5.75 Å². The number of aromatic hydroxyl groups is 1. The van der Waals surface area contributed by atoms with Crippen LogP contribution < -0.4 is 5.32 Å². The van der Waals surface area contributed by atoms with Gasteiger partial charge in [-0.2, -0.15) is 0 Å². The van der Waals surface area contributed by atoms with Crippen LogP contribution in [0.25, 0.3) is 0 Å². The van der Waals surface area contributed by atoms with E-state index in [0.29, 0.717) is 5.56 Å². The van der Waals surface area contributed by atoms with Gasteiger partial charge in [0.1, 0.15) is 5.75 Å². The summed E-state index contributed by atoms with van der Waals surface area (Å²) in [4.78, 5) is 11.9. The number of carbonyl (C=O) groups excluding carboxylic acids is 1. The number of phenols is 1. The molecule has 0 aliphatic heterocycles. The van der Waals surface area contributed by atoms with E-state index in [1.54, 1.807) is 25.3 Å². The number of benzene rings is 1. The van der Waals surface area contributed by atoms with Crippen LogP contribution in [0.2, 0.25) is 0 Å². The van der Waals surface area contributed by atoms with Crippen molar-refractivity contribution >= 4 is 5.91 Å². The standard InChI is InChI=1S/C14H19NO3/c1-18-12-7-6-11(9-12)15-14(17)8-10-4-2-3-5-13(10)16/h2-5,11-12,16H,6-9H2,1H3,(H,15,17). The summed E-state index contributed by atoms with van der Waals surface area (Å²) in [5.74, 6) is 0.132. The van der Waals surface area contributed by atoms with Crippen molar-refractivity contribution in [3.8, 4) is 5.75 Å². The Kier molecular flexibility index (Phi) is 4.20. The summed E-state index contributed by atoms with van der Waals surface area (Å²) < 4.78 is 5.27. The van der Waals surface area contributed by atoms with Gasteiger partial charge in [-0.3, -0.25) is 4.79 Å². The van der Waals surface area contributed by atoms with Gasteiger partial charge in [-0.05, 0) is 25.3 Å². The van der Waals surface area contributed by atoms with Crippen LogP contribution in [0.3, 0.4) is 0 Å². The summed E-state index contributed by atoms with van der Waals surface area (Å²) in [6, 6.07) is 7.13. The van der Waals surface area contributed by atoms with Gasteiger partial charge in [0.25, 0.3) is 0 Å². The zero-order valence-electron chi connectivity index (χ0n) is 10.6. The normalized spacial score (nSPS) is 22.9. The molecule has 1 amide bonds. The predicted octanol–water partition coefficient (Wildman–Crippen LogP) is 1.62. The van der Waals surface area contributed by atoms with E-state index in [9.17, 15) is 9.90 Å². The van der Waals surface area contributed by atoms with Crippen LogP contribution in [0, 0.1) is 0 Å². The minimum Gasteiger partial charge on any atom is -0.508 e. The molecule has 0 bridgehead atoms. The first kappa shape index (κ1) is 12.9. The number of methoxy groups -OCH3 is 1. The van der Waals surface area contributed by atoms with E-state index in [-0.39, 0.29) is 30.2 Å². The van der Waals surface area contributed by atoms with Gasteiger partial charge in [0.15, 0.2) is 0 Å². The molecular formula is C14H19NO3. The number of hydrogen-bond donors (Lipinski definition) is 2. The van der Waals surface area contributed by atoms with E-state index >= 15 is 0 Å². The van der Waals surface area contributed by atoms with E-state index < -0.39 is 0 Å². The molecule has 1 aliphatic rings. The van der Waals surface area contributed by atoms with Gasteiger partial charge in [-0.1, -0.05) is 18.2 Å². The molecule has 98 valence electrons. The molecular weight excluding hydrogens is 230 g/mol. The number of nitrogens with one attached hydrogen (secondary N) is 1. The molecule has 18 heavy (non-hydrogen) atoms. The lowest BCUT2D eigenvalue weighted by molar-refractivity contribution is -0.121. The fourth-order valence-corrected chi connectivity index (χ4v) is 2.40. The van der Waals surface area contributed by atoms with Crippen molar-refractivity contribution in [1.29, 1.82) is 0 Å². The molecule has 2 atom stereocenters. The summed E-state index contributed by atoms with van der Waals surface area (Å²) in [6.07, 6.45) is 3.33. The molecule has 0 spiro atoms. The second kappa shape index (κ2) is 5.87. The Morgan fingerprint density at radius 3 is 2.89 bits per heavy atom. The second-order valence-electron chi connectivity index (χ2n) is 4.74. The molecule has 2 unspecified atom stereocenters. The van der Waals surface area contributed by atoms with Crippen molar-refractivity contribution in [3.63, 3.8) is 0 Å². The Morgan fingerprint density at radius 1 is 1.44 bits per heavy atom. The number of para-hydroxylation sites is 1. The Bertz CT molecular complexity index is 419. The topological polar surface area (TPSA) is 58.6 Å². The largest absolute Gasteiger partial charge is 0.508 e. The van der Waals surface area contributed by atoms with Crippen molar-refractivity contribution in [2.24, 2.45) is 0 Å². The third-order valence-corrected chi connectivity index (χ3v) is 3.43. The highest BCUT2D eigenvalue weighted by molar-refractivity contribution is 5.79. The number of carbonyl (C=O) groups is 1. The van der Waals surface area contributed by atoms with Crippen molar-refractivity contribution in [3.05, 3.63) is 29.8 Å². The summed E-state index contributed by atoms with van der Waals surface area (Å²) >= 11 is 0. The van der Waals surface area contributed by atoms with Gasteiger partial charge in [-0.25, -0.2) is 0 Å². The minimum absolute atomic E-state index is 0.0433. The molecule has 4 heteroatoms. The summed E-state index contributed by atoms with van der Waals surface area (Å²) in [7, 11) is 1.71. The van der Waals surface area contributed by atoms with Crippen LogP contribution in [0.1, 0.15) is 24.8 Å². The number of phenolic OH excluding ortho intramolecular Hbond substituents is 1. The fraction of sp³-hybridized carbons (Fsp3) is 0.500. The number of ether oxygens (including phenoxy) is 1. The summed E-state index contributed by atoms with van der Waals surface area (Å²) in [5.41, 5.74) is 0.663. The van der Waals surface area contributed by atoms with Crippen LogP contribution in [0.4, 0.5) is 0 Å². The van der Waals surface area contributed by atoms with Crippen LogP contribution in [-0.4, -0.2) is 30.3 Å². The molecule has 0 aromatic heterocycles. The molecule has 0 heterocycles.